The van der Waals surface area contributed by atoms with E-state index < -0.39 is 10.0 Å². The van der Waals surface area contributed by atoms with Crippen molar-refractivity contribution in [2.24, 2.45) is 0 Å². The summed E-state index contributed by atoms with van der Waals surface area (Å²) in [6, 6.07) is 15.8. The van der Waals surface area contributed by atoms with Crippen LogP contribution in [0.15, 0.2) is 64.9 Å². The van der Waals surface area contributed by atoms with E-state index in [-0.39, 0.29) is 17.3 Å². The minimum atomic E-state index is -3.78. The van der Waals surface area contributed by atoms with Crippen molar-refractivity contribution in [3.63, 3.8) is 0 Å². The number of hydrogen-bond donors (Lipinski definition) is 1. The Labute approximate surface area is 181 Å². The Morgan fingerprint density at radius 2 is 1.80 bits per heavy atom. The zero-order valence-electron chi connectivity index (χ0n) is 17.1. The van der Waals surface area contributed by atoms with Gasteiger partial charge < -0.3 is 10.1 Å². The quantitative estimate of drug-likeness (QED) is 0.565. The van der Waals surface area contributed by atoms with Gasteiger partial charge in [0.15, 0.2) is 0 Å². The van der Waals surface area contributed by atoms with Crippen LogP contribution in [0.25, 0.3) is 0 Å². The first-order valence-electron chi connectivity index (χ1n) is 9.46. The van der Waals surface area contributed by atoms with Crippen LogP contribution in [-0.4, -0.2) is 28.0 Å². The number of thiophene rings is 1. The first kappa shape index (κ1) is 21.9. The third kappa shape index (κ3) is 4.66. The molecule has 0 bridgehead atoms. The van der Waals surface area contributed by atoms with Crippen molar-refractivity contribution < 1.29 is 17.9 Å². The van der Waals surface area contributed by atoms with Gasteiger partial charge in [-0.15, -0.1) is 11.3 Å². The number of nitrogens with zero attached hydrogens (tertiary/aromatic N) is 1. The summed E-state index contributed by atoms with van der Waals surface area (Å²) in [6.45, 7) is 4.60. The predicted molar refractivity (Wildman–Crippen MR) is 120 cm³/mol. The Kier molecular flexibility index (Phi) is 6.79. The van der Waals surface area contributed by atoms with E-state index >= 15 is 0 Å². The maximum atomic E-state index is 13.0. The molecule has 3 rings (SSSR count). The second kappa shape index (κ2) is 9.32. The molecule has 1 aromatic heterocycles. The van der Waals surface area contributed by atoms with Gasteiger partial charge >= 0.3 is 0 Å². The van der Waals surface area contributed by atoms with Crippen molar-refractivity contribution in [3.8, 4) is 5.75 Å². The normalized spacial score (nSPS) is 11.2. The molecular formula is C22H24N2O4S2. The summed E-state index contributed by atoms with van der Waals surface area (Å²) in [5.74, 6) is 0.378. The second-order valence-corrected chi connectivity index (χ2v) is 9.53. The first-order chi connectivity index (χ1) is 14.3. The van der Waals surface area contributed by atoms with Crippen LogP contribution in [0.4, 0.5) is 5.69 Å². The van der Waals surface area contributed by atoms with E-state index in [9.17, 15) is 13.2 Å². The average molecular weight is 445 g/mol. The van der Waals surface area contributed by atoms with Gasteiger partial charge in [0.25, 0.3) is 15.9 Å². The molecule has 0 atom stereocenters. The number of sulfonamides is 1. The second-order valence-electron chi connectivity index (χ2n) is 6.64. The molecule has 1 amide bonds. The molecule has 1 heterocycles. The average Bonchev–Trinajstić information content (AvgIpc) is 3.22. The van der Waals surface area contributed by atoms with Gasteiger partial charge in [-0.2, -0.15) is 0 Å². The summed E-state index contributed by atoms with van der Waals surface area (Å²) in [6.07, 6.45) is 0. The Hall–Kier alpha value is -2.84. The fourth-order valence-electron chi connectivity index (χ4n) is 2.92. The van der Waals surface area contributed by atoms with E-state index in [1.165, 1.54) is 18.4 Å². The molecular weight excluding hydrogens is 420 g/mol. The van der Waals surface area contributed by atoms with Crippen molar-refractivity contribution in [1.29, 1.82) is 0 Å². The molecule has 0 aliphatic carbocycles. The summed E-state index contributed by atoms with van der Waals surface area (Å²) < 4.78 is 32.7. The minimum Gasteiger partial charge on any atom is -0.494 e. The summed E-state index contributed by atoms with van der Waals surface area (Å²) in [7, 11) is -2.32. The molecule has 2 aromatic carbocycles. The molecule has 0 saturated heterocycles. The number of carbonyl (C=O) groups is 1. The van der Waals surface area contributed by atoms with Gasteiger partial charge in [-0.05, 0) is 43.5 Å². The lowest BCUT2D eigenvalue weighted by Gasteiger charge is -2.20. The number of aryl methyl sites for hydroxylation is 1. The highest BCUT2D eigenvalue weighted by atomic mass is 32.2. The lowest BCUT2D eigenvalue weighted by atomic mass is 10.2. The number of ether oxygens (including phenoxy) is 1. The van der Waals surface area contributed by atoms with E-state index in [2.05, 4.69) is 5.32 Å². The van der Waals surface area contributed by atoms with Crippen LogP contribution in [-0.2, 0) is 16.6 Å². The predicted octanol–water partition coefficient (Wildman–Crippen LogP) is 4.21. The van der Waals surface area contributed by atoms with E-state index in [1.54, 1.807) is 35.7 Å². The smallest absolute Gasteiger partial charge is 0.264 e. The fraction of sp³-hybridized carbons (Fsp3) is 0.227. The van der Waals surface area contributed by atoms with Gasteiger partial charge in [0.2, 0.25) is 0 Å². The summed E-state index contributed by atoms with van der Waals surface area (Å²) in [4.78, 5) is 13.3. The molecule has 6 nitrogen and oxygen atoms in total. The van der Waals surface area contributed by atoms with Crippen LogP contribution in [0, 0.1) is 6.92 Å². The zero-order chi connectivity index (χ0) is 21.7. The Balaban J connectivity index is 1.79. The van der Waals surface area contributed by atoms with Crippen LogP contribution in [0.5, 0.6) is 5.75 Å². The number of hydrogen-bond acceptors (Lipinski definition) is 5. The maximum Gasteiger partial charge on any atom is 0.264 e. The topological polar surface area (TPSA) is 75.7 Å². The SMILES string of the molecule is CCOc1ccccc1CNC(=O)c1sccc1N(C)S(=O)(=O)c1ccc(C)cc1. The van der Waals surface area contributed by atoms with Crippen molar-refractivity contribution in [2.75, 3.05) is 18.0 Å². The first-order valence-corrected chi connectivity index (χ1v) is 11.8. The molecule has 1 N–H and O–H groups in total. The van der Waals surface area contributed by atoms with Crippen LogP contribution < -0.4 is 14.4 Å². The number of benzene rings is 2. The van der Waals surface area contributed by atoms with Gasteiger partial charge in [0.05, 0.1) is 17.2 Å². The molecule has 0 aliphatic rings. The van der Waals surface area contributed by atoms with E-state index in [0.717, 1.165) is 15.4 Å². The molecule has 0 fully saturated rings. The number of carbonyl (C=O) groups excluding carboxylic acids is 1. The van der Waals surface area contributed by atoms with Gasteiger partial charge in [-0.3, -0.25) is 9.10 Å². The molecule has 0 aliphatic heterocycles. The van der Waals surface area contributed by atoms with Crippen LogP contribution in [0.1, 0.15) is 27.7 Å². The van der Waals surface area contributed by atoms with E-state index in [1.807, 2.05) is 38.1 Å². The Bertz CT molecular complexity index is 1120. The highest BCUT2D eigenvalue weighted by Crippen LogP contribution is 2.30. The monoisotopic (exact) mass is 444 g/mol. The standard InChI is InChI=1S/C22H24N2O4S2/c1-4-28-20-8-6-5-7-17(20)15-23-22(25)21-19(13-14-29-21)24(3)30(26,27)18-11-9-16(2)10-12-18/h5-14H,4,15H2,1-3H3,(H,23,25). The lowest BCUT2D eigenvalue weighted by molar-refractivity contribution is 0.0955. The Morgan fingerprint density at radius 1 is 1.10 bits per heavy atom. The molecule has 158 valence electrons. The van der Waals surface area contributed by atoms with E-state index in [4.69, 9.17) is 4.74 Å². The van der Waals surface area contributed by atoms with Crippen LogP contribution in [0.3, 0.4) is 0 Å². The van der Waals surface area contributed by atoms with Gasteiger partial charge in [-0.25, -0.2) is 8.42 Å². The molecule has 30 heavy (non-hydrogen) atoms. The molecule has 0 radical (unpaired) electrons. The number of amides is 1. The number of nitrogens with one attached hydrogen (secondary N) is 1. The third-order valence-electron chi connectivity index (χ3n) is 4.58. The van der Waals surface area contributed by atoms with Crippen molar-refractivity contribution in [1.82, 2.24) is 5.32 Å². The maximum absolute atomic E-state index is 13.0. The fourth-order valence-corrected chi connectivity index (χ4v) is 5.02. The van der Waals surface area contributed by atoms with Gasteiger partial charge in [-0.1, -0.05) is 35.9 Å². The summed E-state index contributed by atoms with van der Waals surface area (Å²) in [5, 5.41) is 4.57. The number of rotatable bonds is 8. The number of anilines is 1. The third-order valence-corrected chi connectivity index (χ3v) is 7.27. The number of para-hydroxylation sites is 1. The molecule has 8 heteroatoms. The van der Waals surface area contributed by atoms with E-state index in [0.29, 0.717) is 22.9 Å². The zero-order valence-corrected chi connectivity index (χ0v) is 18.7. The molecule has 0 saturated carbocycles. The lowest BCUT2D eigenvalue weighted by Crippen LogP contribution is -2.29. The van der Waals surface area contributed by atoms with Crippen LogP contribution >= 0.6 is 11.3 Å². The Morgan fingerprint density at radius 3 is 2.50 bits per heavy atom. The van der Waals surface area contributed by atoms with Gasteiger partial charge in [0, 0.05) is 19.2 Å². The van der Waals surface area contributed by atoms with Crippen molar-refractivity contribution in [3.05, 3.63) is 76.0 Å². The molecule has 0 unspecified atom stereocenters. The minimum absolute atomic E-state index is 0.179. The van der Waals surface area contributed by atoms with Gasteiger partial charge in [0.1, 0.15) is 10.6 Å². The van der Waals surface area contributed by atoms with Crippen LogP contribution in [0.2, 0.25) is 0 Å². The van der Waals surface area contributed by atoms with Crippen molar-refractivity contribution >= 4 is 33.0 Å². The highest BCUT2D eigenvalue weighted by Gasteiger charge is 2.26. The highest BCUT2D eigenvalue weighted by molar-refractivity contribution is 7.92. The van der Waals surface area contributed by atoms with Crippen molar-refractivity contribution in [2.45, 2.75) is 25.3 Å². The molecule has 3 aromatic rings. The summed E-state index contributed by atoms with van der Waals surface area (Å²) >= 11 is 1.20. The summed E-state index contributed by atoms with van der Waals surface area (Å²) in [5.41, 5.74) is 2.17. The largest absolute Gasteiger partial charge is 0.494 e. The molecule has 0 spiro atoms.